The van der Waals surface area contributed by atoms with Crippen molar-refractivity contribution in [1.82, 2.24) is 10.6 Å². The van der Waals surface area contributed by atoms with Crippen molar-refractivity contribution >= 4 is 17.5 Å². The fraction of sp³-hybridized carbons (Fsp3) is 0.429. The van der Waals surface area contributed by atoms with E-state index in [1.807, 2.05) is 36.4 Å². The second-order valence-corrected chi connectivity index (χ2v) is 7.97. The normalized spacial score (nSPS) is 31.1. The van der Waals surface area contributed by atoms with E-state index >= 15 is 0 Å². The van der Waals surface area contributed by atoms with Gasteiger partial charge in [0.15, 0.2) is 0 Å². The zero-order valence-corrected chi connectivity index (χ0v) is 15.0. The fourth-order valence-electron chi connectivity index (χ4n) is 5.18. The van der Waals surface area contributed by atoms with Crippen molar-refractivity contribution in [3.05, 3.63) is 54.0 Å². The Labute approximate surface area is 157 Å². The Morgan fingerprint density at radius 3 is 2.85 bits per heavy atom. The SMILES string of the molecule is O=C1N[C@@]2(C[C@H]3CC[C@H]2C[C@@H]3C(=O)NCc2ccco2)Nc2ccccc21. The summed E-state index contributed by atoms with van der Waals surface area (Å²) in [6.07, 6.45) is 5.26. The molecule has 2 heterocycles. The van der Waals surface area contributed by atoms with Gasteiger partial charge in [-0.1, -0.05) is 12.1 Å². The molecule has 3 aliphatic carbocycles. The highest BCUT2D eigenvalue weighted by molar-refractivity contribution is 6.02. The average molecular weight is 365 g/mol. The van der Waals surface area contributed by atoms with Crippen LogP contribution in [0.2, 0.25) is 0 Å². The summed E-state index contributed by atoms with van der Waals surface area (Å²) < 4.78 is 5.30. The van der Waals surface area contributed by atoms with E-state index in [-0.39, 0.29) is 29.6 Å². The maximum atomic E-state index is 12.8. The van der Waals surface area contributed by atoms with E-state index in [9.17, 15) is 9.59 Å². The number of rotatable bonds is 3. The van der Waals surface area contributed by atoms with Crippen molar-refractivity contribution in [2.45, 2.75) is 37.9 Å². The third-order valence-corrected chi connectivity index (χ3v) is 6.49. The van der Waals surface area contributed by atoms with E-state index < -0.39 is 5.66 Å². The predicted octanol–water partition coefficient (Wildman–Crippen LogP) is 2.88. The number of carbonyl (C=O) groups excluding carboxylic acids is 2. The van der Waals surface area contributed by atoms with E-state index in [1.54, 1.807) is 6.26 Å². The molecular weight excluding hydrogens is 342 g/mol. The van der Waals surface area contributed by atoms with Gasteiger partial charge < -0.3 is 20.4 Å². The van der Waals surface area contributed by atoms with Crippen LogP contribution in [0.15, 0.2) is 47.1 Å². The maximum Gasteiger partial charge on any atom is 0.255 e. The van der Waals surface area contributed by atoms with Crippen LogP contribution in [0.25, 0.3) is 0 Å². The molecular formula is C21H23N3O3. The van der Waals surface area contributed by atoms with Crippen LogP contribution in [-0.4, -0.2) is 17.5 Å². The molecule has 2 bridgehead atoms. The summed E-state index contributed by atoms with van der Waals surface area (Å²) in [6.45, 7) is 0.424. The van der Waals surface area contributed by atoms with Crippen LogP contribution in [0.5, 0.6) is 0 Å². The van der Waals surface area contributed by atoms with Crippen LogP contribution in [0, 0.1) is 17.8 Å². The lowest BCUT2D eigenvalue weighted by atomic mass is 9.58. The highest BCUT2D eigenvalue weighted by Gasteiger charge is 2.55. The Bertz CT molecular complexity index is 879. The van der Waals surface area contributed by atoms with Crippen molar-refractivity contribution in [1.29, 1.82) is 0 Å². The van der Waals surface area contributed by atoms with Crippen molar-refractivity contribution in [3.8, 4) is 0 Å². The summed E-state index contributed by atoms with van der Waals surface area (Å²) >= 11 is 0. The molecule has 2 aromatic rings. The molecule has 140 valence electrons. The molecule has 2 amide bonds. The largest absolute Gasteiger partial charge is 0.467 e. The van der Waals surface area contributed by atoms with Crippen LogP contribution in [-0.2, 0) is 11.3 Å². The minimum absolute atomic E-state index is 0.000194. The van der Waals surface area contributed by atoms with Crippen molar-refractivity contribution < 1.29 is 14.0 Å². The summed E-state index contributed by atoms with van der Waals surface area (Å²) in [7, 11) is 0. The van der Waals surface area contributed by atoms with Gasteiger partial charge in [0.05, 0.1) is 18.4 Å². The molecule has 4 aliphatic rings. The molecule has 27 heavy (non-hydrogen) atoms. The lowest BCUT2D eigenvalue weighted by Gasteiger charge is -2.56. The number of hydrogen-bond acceptors (Lipinski definition) is 4. The average Bonchev–Trinajstić information content (AvgIpc) is 3.20. The first-order valence-electron chi connectivity index (χ1n) is 9.64. The van der Waals surface area contributed by atoms with E-state index in [0.717, 1.165) is 37.1 Å². The second kappa shape index (κ2) is 6.15. The van der Waals surface area contributed by atoms with Crippen LogP contribution in [0.1, 0.15) is 41.8 Å². The van der Waals surface area contributed by atoms with Gasteiger partial charge in [0.2, 0.25) is 5.91 Å². The number of nitrogens with one attached hydrogen (secondary N) is 3. The third kappa shape index (κ3) is 2.71. The van der Waals surface area contributed by atoms with E-state index in [0.29, 0.717) is 12.1 Å². The molecule has 6 nitrogen and oxygen atoms in total. The Morgan fingerprint density at radius 1 is 1.19 bits per heavy atom. The number of fused-ring (bicyclic) bond motifs is 3. The van der Waals surface area contributed by atoms with Crippen molar-refractivity contribution in [2.75, 3.05) is 5.32 Å². The van der Waals surface area contributed by atoms with Crippen LogP contribution in [0.4, 0.5) is 5.69 Å². The Morgan fingerprint density at radius 2 is 2.07 bits per heavy atom. The fourth-order valence-corrected chi connectivity index (χ4v) is 5.18. The van der Waals surface area contributed by atoms with Gasteiger partial charge in [0.25, 0.3) is 5.91 Å². The number of carbonyl (C=O) groups is 2. The molecule has 0 saturated heterocycles. The van der Waals surface area contributed by atoms with E-state index in [2.05, 4.69) is 16.0 Å². The Kier molecular flexibility index (Phi) is 3.74. The van der Waals surface area contributed by atoms with Crippen LogP contribution < -0.4 is 16.0 Å². The molecule has 3 fully saturated rings. The zero-order valence-electron chi connectivity index (χ0n) is 15.0. The first-order chi connectivity index (χ1) is 13.1. The third-order valence-electron chi connectivity index (χ3n) is 6.49. The van der Waals surface area contributed by atoms with Gasteiger partial charge in [-0.05, 0) is 55.9 Å². The predicted molar refractivity (Wildman–Crippen MR) is 99.8 cm³/mol. The minimum Gasteiger partial charge on any atom is -0.467 e. The lowest BCUT2D eigenvalue weighted by Crippen LogP contribution is -2.68. The molecule has 3 saturated carbocycles. The molecule has 3 N–H and O–H groups in total. The summed E-state index contributed by atoms with van der Waals surface area (Å²) in [5.74, 6) is 1.36. The first kappa shape index (κ1) is 16.4. The van der Waals surface area contributed by atoms with Gasteiger partial charge in [-0.15, -0.1) is 0 Å². The summed E-state index contributed by atoms with van der Waals surface area (Å²) in [5, 5.41) is 9.86. The second-order valence-electron chi connectivity index (χ2n) is 7.97. The standard InChI is InChI=1S/C21H23N3O3/c25-19(22-12-15-4-3-9-27-15)17-10-14-8-7-13(17)11-21(14)23-18-6-2-1-5-16(18)20(26)24-21/h1-6,9,13-14,17,23H,7-8,10-12H2,(H,22,25)(H,24,26)/t13-,14+,17+,21-/m1/s1. The minimum atomic E-state index is -0.424. The molecule has 1 aromatic carbocycles. The molecule has 1 spiro atoms. The van der Waals surface area contributed by atoms with Crippen LogP contribution >= 0.6 is 0 Å². The van der Waals surface area contributed by atoms with Gasteiger partial charge in [0.1, 0.15) is 11.4 Å². The van der Waals surface area contributed by atoms with Gasteiger partial charge in [-0.2, -0.15) is 0 Å². The lowest BCUT2D eigenvalue weighted by molar-refractivity contribution is -0.132. The highest BCUT2D eigenvalue weighted by Crippen LogP contribution is 2.51. The molecule has 1 aliphatic heterocycles. The smallest absolute Gasteiger partial charge is 0.255 e. The first-order valence-corrected chi connectivity index (χ1v) is 9.64. The van der Waals surface area contributed by atoms with Crippen molar-refractivity contribution in [3.63, 3.8) is 0 Å². The number of para-hydroxylation sites is 1. The summed E-state index contributed by atoms with van der Waals surface area (Å²) in [6, 6.07) is 11.3. The number of anilines is 1. The number of hydrogen-bond donors (Lipinski definition) is 3. The molecule has 0 radical (unpaired) electrons. The quantitative estimate of drug-likeness (QED) is 0.781. The summed E-state index contributed by atoms with van der Waals surface area (Å²) in [4.78, 5) is 25.4. The Balaban J connectivity index is 1.32. The van der Waals surface area contributed by atoms with Gasteiger partial charge >= 0.3 is 0 Å². The molecule has 6 heteroatoms. The Hall–Kier alpha value is -2.76. The monoisotopic (exact) mass is 365 g/mol. The van der Waals surface area contributed by atoms with E-state index in [4.69, 9.17) is 4.42 Å². The maximum absolute atomic E-state index is 12.8. The topological polar surface area (TPSA) is 83.4 Å². The van der Waals surface area contributed by atoms with Crippen molar-refractivity contribution in [2.24, 2.45) is 17.8 Å². The van der Waals surface area contributed by atoms with E-state index in [1.165, 1.54) is 0 Å². The zero-order chi connectivity index (χ0) is 18.4. The highest BCUT2D eigenvalue weighted by atomic mass is 16.3. The number of furan rings is 1. The van der Waals surface area contributed by atoms with Gasteiger partial charge in [0, 0.05) is 17.5 Å². The van der Waals surface area contributed by atoms with Crippen LogP contribution in [0.3, 0.4) is 0 Å². The number of amides is 2. The molecule has 1 aromatic heterocycles. The van der Waals surface area contributed by atoms with Gasteiger partial charge in [-0.3, -0.25) is 9.59 Å². The molecule has 0 unspecified atom stereocenters. The summed E-state index contributed by atoms with van der Waals surface area (Å²) in [5.41, 5.74) is 1.16. The molecule has 4 atom stereocenters. The molecule has 6 rings (SSSR count). The van der Waals surface area contributed by atoms with Gasteiger partial charge in [-0.25, -0.2) is 0 Å². The number of benzene rings is 1.